The summed E-state index contributed by atoms with van der Waals surface area (Å²) in [7, 11) is 0. The van der Waals surface area contributed by atoms with Crippen molar-refractivity contribution in [3.05, 3.63) is 71.9 Å². The highest BCUT2D eigenvalue weighted by Gasteiger charge is 2.20. The predicted octanol–water partition coefficient (Wildman–Crippen LogP) is 4.30. The molecule has 3 N–H and O–H groups in total. The molecule has 0 spiro atoms. The molecule has 5 heteroatoms. The predicted molar refractivity (Wildman–Crippen MR) is 110 cm³/mol. The summed E-state index contributed by atoms with van der Waals surface area (Å²) in [5.41, 5.74) is 9.09. The molecule has 0 aliphatic carbocycles. The molecule has 2 aromatic carbocycles. The number of aliphatic imine (C=N–C) groups is 1. The van der Waals surface area contributed by atoms with Crippen LogP contribution in [0, 0.1) is 0 Å². The topological polar surface area (TPSA) is 80.4 Å². The first-order valence-corrected chi connectivity index (χ1v) is 9.00. The van der Waals surface area contributed by atoms with Crippen LogP contribution < -0.4 is 11.1 Å². The van der Waals surface area contributed by atoms with Crippen molar-refractivity contribution >= 4 is 28.5 Å². The summed E-state index contributed by atoms with van der Waals surface area (Å²) in [5, 5.41) is 3.48. The molecule has 5 nitrogen and oxygen atoms in total. The minimum absolute atomic E-state index is 0.0194. The van der Waals surface area contributed by atoms with Gasteiger partial charge in [-0.3, -0.25) is 15.1 Å². The van der Waals surface area contributed by atoms with Crippen LogP contribution in [0.5, 0.6) is 0 Å². The molecule has 1 aromatic heterocycles. The van der Waals surface area contributed by atoms with Crippen LogP contribution in [-0.2, 0) is 5.41 Å². The van der Waals surface area contributed by atoms with Crippen LogP contribution in [0.25, 0.3) is 10.9 Å². The van der Waals surface area contributed by atoms with Crippen LogP contribution in [0.4, 0.5) is 5.69 Å². The minimum atomic E-state index is -0.300. The van der Waals surface area contributed by atoms with Gasteiger partial charge in [0.1, 0.15) is 0 Å². The smallest absolute Gasteiger partial charge is 0.258 e. The van der Waals surface area contributed by atoms with E-state index in [0.29, 0.717) is 11.3 Å². The highest BCUT2D eigenvalue weighted by atomic mass is 16.1. The second-order valence-corrected chi connectivity index (χ2v) is 7.11. The molecule has 0 saturated carbocycles. The Bertz CT molecular complexity index is 994. The number of aromatic nitrogens is 1. The van der Waals surface area contributed by atoms with E-state index in [4.69, 9.17) is 5.73 Å². The number of carbonyl (C=O) groups is 1. The van der Waals surface area contributed by atoms with Crippen molar-refractivity contribution in [2.45, 2.75) is 32.6 Å². The number of rotatable bonds is 4. The van der Waals surface area contributed by atoms with Gasteiger partial charge >= 0.3 is 0 Å². The number of benzene rings is 2. The normalized spacial score (nSPS) is 12.2. The molecule has 0 aliphatic heterocycles. The molecular weight excluding hydrogens is 336 g/mol. The van der Waals surface area contributed by atoms with Crippen LogP contribution in [0.3, 0.4) is 0 Å². The summed E-state index contributed by atoms with van der Waals surface area (Å²) in [6.07, 6.45) is 2.63. The van der Waals surface area contributed by atoms with Crippen LogP contribution in [0.15, 0.2) is 65.8 Å². The molecule has 0 unspecified atom stereocenters. The van der Waals surface area contributed by atoms with E-state index in [1.165, 1.54) is 5.56 Å². The van der Waals surface area contributed by atoms with Crippen LogP contribution in [-0.4, -0.2) is 16.9 Å². The van der Waals surface area contributed by atoms with Crippen LogP contribution in [0.2, 0.25) is 0 Å². The zero-order valence-electron chi connectivity index (χ0n) is 15.9. The lowest BCUT2D eigenvalue weighted by Gasteiger charge is -2.23. The molecular formula is C22H24N4O. The van der Waals surface area contributed by atoms with E-state index in [0.717, 1.165) is 17.3 Å². The van der Waals surface area contributed by atoms with Gasteiger partial charge < -0.3 is 5.73 Å². The highest BCUT2D eigenvalue weighted by molar-refractivity contribution is 6.12. The second-order valence-electron chi connectivity index (χ2n) is 7.11. The fraction of sp³-hybridized carbons (Fsp3) is 0.227. The summed E-state index contributed by atoms with van der Waals surface area (Å²) in [5.74, 6) is -0.243. The summed E-state index contributed by atoms with van der Waals surface area (Å²) < 4.78 is 0. The molecule has 1 heterocycles. The van der Waals surface area contributed by atoms with Gasteiger partial charge in [-0.1, -0.05) is 45.0 Å². The Kier molecular flexibility index (Phi) is 5.21. The zero-order chi connectivity index (χ0) is 19.4. The molecule has 0 radical (unpaired) electrons. The van der Waals surface area contributed by atoms with Crippen molar-refractivity contribution in [1.82, 2.24) is 10.3 Å². The first-order chi connectivity index (χ1) is 12.9. The third kappa shape index (κ3) is 4.14. The third-order valence-electron chi connectivity index (χ3n) is 4.90. The molecule has 3 rings (SSSR count). The Morgan fingerprint density at radius 2 is 1.89 bits per heavy atom. The van der Waals surface area contributed by atoms with Gasteiger partial charge in [0, 0.05) is 11.6 Å². The first-order valence-electron chi connectivity index (χ1n) is 9.00. The van der Waals surface area contributed by atoms with Crippen molar-refractivity contribution in [1.29, 1.82) is 0 Å². The van der Waals surface area contributed by atoms with Gasteiger partial charge in [-0.15, -0.1) is 0 Å². The maximum absolute atomic E-state index is 12.8. The van der Waals surface area contributed by atoms with Gasteiger partial charge in [0.05, 0.1) is 16.8 Å². The van der Waals surface area contributed by atoms with Crippen molar-refractivity contribution < 1.29 is 4.79 Å². The Hall–Kier alpha value is -3.21. The summed E-state index contributed by atoms with van der Waals surface area (Å²) in [4.78, 5) is 21.4. The van der Waals surface area contributed by atoms with Gasteiger partial charge in [-0.2, -0.15) is 0 Å². The molecule has 27 heavy (non-hydrogen) atoms. The molecule has 0 atom stereocenters. The maximum Gasteiger partial charge on any atom is 0.258 e. The number of hydrogen-bond donors (Lipinski definition) is 2. The molecule has 1 amide bonds. The van der Waals surface area contributed by atoms with E-state index in [1.807, 2.05) is 42.5 Å². The van der Waals surface area contributed by atoms with Gasteiger partial charge in [0.25, 0.3) is 5.91 Å². The summed E-state index contributed by atoms with van der Waals surface area (Å²) in [6, 6.07) is 17.0. The molecule has 138 valence electrons. The molecule has 0 fully saturated rings. The molecule has 0 aliphatic rings. The number of guanidine groups is 1. The third-order valence-corrected chi connectivity index (χ3v) is 4.90. The quantitative estimate of drug-likeness (QED) is 0.538. The van der Waals surface area contributed by atoms with Crippen molar-refractivity contribution in [2.75, 3.05) is 0 Å². The molecule has 3 aromatic rings. The summed E-state index contributed by atoms with van der Waals surface area (Å²) in [6.45, 7) is 6.53. The number of fused-ring (bicyclic) bond motifs is 1. The number of nitrogens with one attached hydrogen (secondary N) is 1. The fourth-order valence-corrected chi connectivity index (χ4v) is 2.82. The number of hydrogen-bond acceptors (Lipinski definition) is 3. The average molecular weight is 360 g/mol. The van der Waals surface area contributed by atoms with Crippen molar-refractivity contribution in [3.8, 4) is 0 Å². The van der Waals surface area contributed by atoms with Crippen molar-refractivity contribution in [3.63, 3.8) is 0 Å². The van der Waals surface area contributed by atoms with Crippen LogP contribution in [0.1, 0.15) is 43.1 Å². The summed E-state index contributed by atoms with van der Waals surface area (Å²) >= 11 is 0. The van der Waals surface area contributed by atoms with Gasteiger partial charge in [0.15, 0.2) is 0 Å². The largest absolute Gasteiger partial charge is 0.369 e. The molecule has 0 saturated heterocycles. The number of amides is 1. The Labute approximate surface area is 159 Å². The Morgan fingerprint density at radius 1 is 1.15 bits per heavy atom. The highest BCUT2D eigenvalue weighted by Crippen LogP contribution is 2.30. The fourth-order valence-electron chi connectivity index (χ4n) is 2.82. The van der Waals surface area contributed by atoms with Gasteiger partial charge in [-0.05, 0) is 47.7 Å². The van der Waals surface area contributed by atoms with E-state index in [9.17, 15) is 4.79 Å². The lowest BCUT2D eigenvalue weighted by Crippen LogP contribution is -2.36. The standard InChI is InChI=1S/C22H24N4O/c1-4-22(2,3)15-10-11-19-18(14-15)17(12-13-24-19)20(27)26-21(23)25-16-8-6-5-7-9-16/h5-14H,4H2,1-3H3,(H3,23,25,26,27). The first kappa shape index (κ1) is 18.6. The lowest BCUT2D eigenvalue weighted by molar-refractivity contribution is 0.0978. The Balaban J connectivity index is 1.94. The van der Waals surface area contributed by atoms with E-state index >= 15 is 0 Å². The molecule has 0 bridgehead atoms. The maximum atomic E-state index is 12.8. The van der Waals surface area contributed by atoms with E-state index in [2.05, 4.69) is 42.1 Å². The average Bonchev–Trinajstić information content (AvgIpc) is 2.67. The van der Waals surface area contributed by atoms with Crippen molar-refractivity contribution in [2.24, 2.45) is 10.7 Å². The minimum Gasteiger partial charge on any atom is -0.369 e. The number of nitrogens with zero attached hydrogens (tertiary/aromatic N) is 2. The van der Waals surface area contributed by atoms with Gasteiger partial charge in [0.2, 0.25) is 5.96 Å². The Morgan fingerprint density at radius 3 is 2.59 bits per heavy atom. The number of pyridine rings is 1. The zero-order valence-corrected chi connectivity index (χ0v) is 15.9. The lowest BCUT2D eigenvalue weighted by atomic mass is 9.81. The SMILES string of the molecule is CCC(C)(C)c1ccc2nccc(C(=O)NC(N)=Nc3ccccc3)c2c1. The number of nitrogens with two attached hydrogens (primary N) is 1. The monoisotopic (exact) mass is 360 g/mol. The number of para-hydroxylation sites is 1. The van der Waals surface area contributed by atoms with E-state index < -0.39 is 0 Å². The van der Waals surface area contributed by atoms with Crippen LogP contribution >= 0.6 is 0 Å². The van der Waals surface area contributed by atoms with E-state index in [1.54, 1.807) is 12.3 Å². The number of carbonyl (C=O) groups excluding carboxylic acids is 1. The second kappa shape index (κ2) is 7.58. The van der Waals surface area contributed by atoms with E-state index in [-0.39, 0.29) is 17.3 Å². The van der Waals surface area contributed by atoms with Gasteiger partial charge in [-0.25, -0.2) is 4.99 Å².